The molecule has 0 amide bonds. The molecule has 14 heavy (non-hydrogen) atoms. The van der Waals surface area contributed by atoms with Crippen LogP contribution in [-0.4, -0.2) is 18.1 Å². The fraction of sp³-hybridized carbons (Fsp3) is 1.00. The predicted molar refractivity (Wildman–Crippen MR) is 62.3 cm³/mol. The maximum atomic E-state index is 5.88. The van der Waals surface area contributed by atoms with Gasteiger partial charge in [0.15, 0.2) is 0 Å². The summed E-state index contributed by atoms with van der Waals surface area (Å²) in [6.07, 6.45) is 6.27. The second-order valence-corrected chi connectivity index (χ2v) is 5.31. The fourth-order valence-electron chi connectivity index (χ4n) is 2.24. The van der Waals surface area contributed by atoms with Crippen molar-refractivity contribution < 1.29 is 0 Å². The molecule has 3 unspecified atom stereocenters. The third kappa shape index (κ3) is 4.43. The van der Waals surface area contributed by atoms with Gasteiger partial charge in [-0.05, 0) is 44.9 Å². The molecule has 0 aromatic carbocycles. The Hall–Kier alpha value is -0.0800. The lowest BCUT2D eigenvalue weighted by Gasteiger charge is -2.20. The third-order valence-corrected chi connectivity index (χ3v) is 3.17. The van der Waals surface area contributed by atoms with Gasteiger partial charge in [-0.15, -0.1) is 0 Å². The molecule has 0 spiro atoms. The number of rotatable bonds is 5. The molecule has 0 aliphatic heterocycles. The van der Waals surface area contributed by atoms with Crippen molar-refractivity contribution in [2.75, 3.05) is 0 Å². The van der Waals surface area contributed by atoms with E-state index in [1.165, 1.54) is 32.1 Å². The minimum absolute atomic E-state index is 0.449. The van der Waals surface area contributed by atoms with Crippen molar-refractivity contribution in [2.45, 2.75) is 71.0 Å². The molecule has 0 saturated heterocycles. The Morgan fingerprint density at radius 3 is 2.43 bits per heavy atom. The van der Waals surface area contributed by atoms with E-state index in [1.54, 1.807) is 0 Å². The van der Waals surface area contributed by atoms with Crippen LogP contribution in [0.4, 0.5) is 0 Å². The lowest BCUT2D eigenvalue weighted by Crippen LogP contribution is -2.35. The van der Waals surface area contributed by atoms with E-state index in [0.29, 0.717) is 18.1 Å². The molecule has 0 bridgehead atoms. The first kappa shape index (κ1) is 12.0. The average Bonchev–Trinajstić information content (AvgIpc) is 2.48. The third-order valence-electron chi connectivity index (χ3n) is 3.17. The van der Waals surface area contributed by atoms with Crippen molar-refractivity contribution in [2.24, 2.45) is 11.7 Å². The predicted octanol–water partition coefficient (Wildman–Crippen LogP) is 2.28. The normalized spacial score (nSPS) is 29.8. The van der Waals surface area contributed by atoms with Gasteiger partial charge in [-0.1, -0.05) is 13.8 Å². The van der Waals surface area contributed by atoms with Crippen LogP contribution in [0.15, 0.2) is 0 Å². The van der Waals surface area contributed by atoms with E-state index < -0.39 is 0 Å². The van der Waals surface area contributed by atoms with Gasteiger partial charge in [-0.2, -0.15) is 0 Å². The molecule has 0 heterocycles. The Morgan fingerprint density at radius 1 is 1.21 bits per heavy atom. The van der Waals surface area contributed by atoms with E-state index in [9.17, 15) is 0 Å². The zero-order valence-electron chi connectivity index (χ0n) is 9.92. The van der Waals surface area contributed by atoms with Crippen LogP contribution >= 0.6 is 0 Å². The van der Waals surface area contributed by atoms with E-state index in [1.807, 2.05) is 0 Å². The molecule has 2 nitrogen and oxygen atoms in total. The molecule has 0 radical (unpaired) electrons. The van der Waals surface area contributed by atoms with Crippen molar-refractivity contribution in [1.29, 1.82) is 0 Å². The van der Waals surface area contributed by atoms with Gasteiger partial charge in [0.1, 0.15) is 0 Å². The highest BCUT2D eigenvalue weighted by atomic mass is 15.0. The molecule has 84 valence electrons. The van der Waals surface area contributed by atoms with Crippen LogP contribution < -0.4 is 11.1 Å². The van der Waals surface area contributed by atoms with Crippen molar-refractivity contribution >= 4 is 0 Å². The standard InChI is InChI=1S/C12H26N2/c1-9(2)4-5-10(3)14-12-7-6-11(13)8-12/h9-12,14H,4-8,13H2,1-3H3. The summed E-state index contributed by atoms with van der Waals surface area (Å²) in [7, 11) is 0. The summed E-state index contributed by atoms with van der Waals surface area (Å²) in [4.78, 5) is 0. The van der Waals surface area contributed by atoms with Crippen LogP contribution in [0.3, 0.4) is 0 Å². The fourth-order valence-corrected chi connectivity index (χ4v) is 2.24. The Bertz CT molecular complexity index is 156. The van der Waals surface area contributed by atoms with E-state index in [4.69, 9.17) is 5.73 Å². The Balaban J connectivity index is 2.10. The Kier molecular flexibility index (Phi) is 4.90. The average molecular weight is 198 g/mol. The molecule has 0 aromatic heterocycles. The number of hydrogen-bond donors (Lipinski definition) is 2. The molecule has 3 N–H and O–H groups in total. The van der Waals surface area contributed by atoms with Gasteiger partial charge in [0.05, 0.1) is 0 Å². The Labute approximate surface area is 88.6 Å². The summed E-state index contributed by atoms with van der Waals surface area (Å²) in [5, 5.41) is 3.68. The first-order chi connectivity index (χ1) is 6.58. The molecular formula is C12H26N2. The van der Waals surface area contributed by atoms with Gasteiger partial charge >= 0.3 is 0 Å². The van der Waals surface area contributed by atoms with Crippen molar-refractivity contribution in [3.05, 3.63) is 0 Å². The van der Waals surface area contributed by atoms with Crippen LogP contribution in [0.1, 0.15) is 52.9 Å². The number of hydrogen-bond acceptors (Lipinski definition) is 2. The van der Waals surface area contributed by atoms with Crippen LogP contribution in [0.25, 0.3) is 0 Å². The quantitative estimate of drug-likeness (QED) is 0.711. The summed E-state index contributed by atoms with van der Waals surface area (Å²) in [5.74, 6) is 0.824. The summed E-state index contributed by atoms with van der Waals surface area (Å²) in [5.41, 5.74) is 5.88. The minimum atomic E-state index is 0.449. The minimum Gasteiger partial charge on any atom is -0.328 e. The SMILES string of the molecule is CC(C)CCC(C)NC1CCC(N)C1. The molecule has 1 saturated carbocycles. The number of nitrogens with one attached hydrogen (secondary N) is 1. The summed E-state index contributed by atoms with van der Waals surface area (Å²) < 4.78 is 0. The van der Waals surface area contributed by atoms with Gasteiger partial charge in [0.2, 0.25) is 0 Å². The molecule has 1 aliphatic rings. The van der Waals surface area contributed by atoms with Gasteiger partial charge in [0, 0.05) is 18.1 Å². The molecule has 1 rings (SSSR count). The molecule has 1 aliphatic carbocycles. The van der Waals surface area contributed by atoms with Gasteiger partial charge in [-0.3, -0.25) is 0 Å². The van der Waals surface area contributed by atoms with Crippen LogP contribution in [0.2, 0.25) is 0 Å². The topological polar surface area (TPSA) is 38.0 Å². The monoisotopic (exact) mass is 198 g/mol. The van der Waals surface area contributed by atoms with Crippen LogP contribution in [-0.2, 0) is 0 Å². The van der Waals surface area contributed by atoms with E-state index in [-0.39, 0.29) is 0 Å². The zero-order chi connectivity index (χ0) is 10.6. The first-order valence-electron chi connectivity index (χ1n) is 6.09. The Morgan fingerprint density at radius 2 is 1.93 bits per heavy atom. The van der Waals surface area contributed by atoms with Gasteiger partial charge in [0.25, 0.3) is 0 Å². The molecule has 1 fully saturated rings. The lowest BCUT2D eigenvalue weighted by atomic mass is 10.0. The zero-order valence-corrected chi connectivity index (χ0v) is 9.92. The highest BCUT2D eigenvalue weighted by Crippen LogP contribution is 2.18. The van der Waals surface area contributed by atoms with Crippen LogP contribution in [0, 0.1) is 5.92 Å². The van der Waals surface area contributed by atoms with Gasteiger partial charge < -0.3 is 11.1 Å². The number of nitrogens with two attached hydrogens (primary N) is 1. The lowest BCUT2D eigenvalue weighted by molar-refractivity contribution is 0.399. The second kappa shape index (κ2) is 5.72. The maximum absolute atomic E-state index is 5.88. The van der Waals surface area contributed by atoms with Gasteiger partial charge in [-0.25, -0.2) is 0 Å². The maximum Gasteiger partial charge on any atom is 0.00848 e. The molecule has 3 atom stereocenters. The van der Waals surface area contributed by atoms with E-state index >= 15 is 0 Å². The highest BCUT2D eigenvalue weighted by Gasteiger charge is 2.22. The molecule has 2 heteroatoms. The second-order valence-electron chi connectivity index (χ2n) is 5.31. The van der Waals surface area contributed by atoms with Crippen molar-refractivity contribution in [3.8, 4) is 0 Å². The van der Waals surface area contributed by atoms with Crippen LogP contribution in [0.5, 0.6) is 0 Å². The van der Waals surface area contributed by atoms with Crippen molar-refractivity contribution in [1.82, 2.24) is 5.32 Å². The summed E-state index contributed by atoms with van der Waals surface area (Å²) in [6.45, 7) is 6.88. The molecular weight excluding hydrogens is 172 g/mol. The summed E-state index contributed by atoms with van der Waals surface area (Å²) >= 11 is 0. The van der Waals surface area contributed by atoms with E-state index in [2.05, 4.69) is 26.1 Å². The first-order valence-corrected chi connectivity index (χ1v) is 6.09. The smallest absolute Gasteiger partial charge is 0.00848 e. The van der Waals surface area contributed by atoms with Crippen molar-refractivity contribution in [3.63, 3.8) is 0 Å². The summed E-state index contributed by atoms with van der Waals surface area (Å²) in [6, 6.07) is 1.80. The molecule has 0 aromatic rings. The largest absolute Gasteiger partial charge is 0.328 e. The van der Waals surface area contributed by atoms with E-state index in [0.717, 1.165) is 5.92 Å². The highest BCUT2D eigenvalue weighted by molar-refractivity contribution is 4.84.